The highest BCUT2D eigenvalue weighted by Gasteiger charge is 2.12. The maximum absolute atomic E-state index is 11.2. The van der Waals surface area contributed by atoms with E-state index in [0.717, 1.165) is 0 Å². The minimum Gasteiger partial charge on any atom is -0.465 e. The number of halogens is 1. The van der Waals surface area contributed by atoms with Crippen LogP contribution in [-0.4, -0.2) is 19.0 Å². The molecule has 1 aromatic carbocycles. The summed E-state index contributed by atoms with van der Waals surface area (Å²) < 4.78 is 8.95. The van der Waals surface area contributed by atoms with Gasteiger partial charge in [0, 0.05) is 0 Å². The Morgan fingerprint density at radius 3 is 2.40 bits per heavy atom. The van der Waals surface area contributed by atoms with Crippen LogP contribution in [-0.2, 0) is 8.57 Å². The first kappa shape index (κ1) is 11.7. The Bertz CT molecular complexity index is 400. The molecule has 0 saturated carbocycles. The molecule has 0 aliphatic carbocycles. The van der Waals surface area contributed by atoms with Crippen LogP contribution in [0.15, 0.2) is 18.2 Å². The molecule has 0 aliphatic rings. The van der Waals surface area contributed by atoms with E-state index < -0.39 is 11.9 Å². The predicted molar refractivity (Wildman–Crippen MR) is 56.9 cm³/mol. The van der Waals surface area contributed by atoms with Gasteiger partial charge in [0.2, 0.25) is 0 Å². The third-order valence-corrected chi connectivity index (χ3v) is 2.23. The normalized spacial score (nSPS) is 9.53. The zero-order valence-corrected chi connectivity index (χ0v) is 9.83. The topological polar surface area (TPSA) is 52.6 Å². The molecular formula is C10H9BrO4. The summed E-state index contributed by atoms with van der Waals surface area (Å²) in [5.74, 6) is -0.930. The van der Waals surface area contributed by atoms with Gasteiger partial charge in [-0.15, -0.1) is 0 Å². The van der Waals surface area contributed by atoms with Crippen molar-refractivity contribution in [3.63, 3.8) is 0 Å². The summed E-state index contributed by atoms with van der Waals surface area (Å²) in [5, 5.41) is 0. The lowest BCUT2D eigenvalue weighted by Crippen LogP contribution is -2.05. The number of aryl methyl sites for hydroxylation is 1. The highest BCUT2D eigenvalue weighted by atomic mass is 79.9. The first-order valence-corrected chi connectivity index (χ1v) is 4.76. The van der Waals surface area contributed by atoms with Gasteiger partial charge in [-0.1, -0.05) is 0 Å². The monoisotopic (exact) mass is 272 g/mol. The third-order valence-electron chi connectivity index (χ3n) is 1.94. The van der Waals surface area contributed by atoms with Crippen molar-refractivity contribution in [2.75, 3.05) is 7.11 Å². The van der Waals surface area contributed by atoms with Gasteiger partial charge in [0.05, 0.1) is 18.2 Å². The van der Waals surface area contributed by atoms with Gasteiger partial charge in [0.15, 0.2) is 16.3 Å². The Balaban J connectivity index is 3.08. The molecule has 0 radical (unpaired) electrons. The first-order chi connectivity index (χ1) is 7.10. The molecule has 0 aromatic heterocycles. The number of benzene rings is 1. The number of ether oxygens (including phenoxy) is 1. The average Bonchev–Trinajstić information content (AvgIpc) is 2.26. The van der Waals surface area contributed by atoms with Crippen LogP contribution in [0.4, 0.5) is 0 Å². The summed E-state index contributed by atoms with van der Waals surface area (Å²) in [4.78, 5) is 22.4. The summed E-state index contributed by atoms with van der Waals surface area (Å²) in [6, 6.07) is 4.61. The minimum absolute atomic E-state index is 0.402. The van der Waals surface area contributed by atoms with Crippen LogP contribution in [0.1, 0.15) is 26.3 Å². The Hall–Kier alpha value is -1.36. The van der Waals surface area contributed by atoms with Crippen LogP contribution >= 0.6 is 16.3 Å². The van der Waals surface area contributed by atoms with Gasteiger partial charge in [-0.3, -0.25) is 0 Å². The van der Waals surface area contributed by atoms with E-state index in [0.29, 0.717) is 16.7 Å². The zero-order valence-electron chi connectivity index (χ0n) is 8.24. The lowest BCUT2D eigenvalue weighted by Gasteiger charge is -2.04. The molecule has 0 N–H and O–H groups in total. The van der Waals surface area contributed by atoms with E-state index in [9.17, 15) is 9.59 Å². The molecule has 4 nitrogen and oxygen atoms in total. The minimum atomic E-state index is -0.496. The van der Waals surface area contributed by atoms with E-state index in [4.69, 9.17) is 0 Å². The quantitative estimate of drug-likeness (QED) is 0.775. The van der Waals surface area contributed by atoms with Crippen LogP contribution in [0.5, 0.6) is 0 Å². The number of rotatable bonds is 2. The second-order valence-electron chi connectivity index (χ2n) is 2.89. The number of carbonyl (C=O) groups excluding carboxylic acids is 2. The number of carbonyl (C=O) groups is 2. The van der Waals surface area contributed by atoms with Gasteiger partial charge < -0.3 is 8.57 Å². The Labute approximate surface area is 95.6 Å². The summed E-state index contributed by atoms with van der Waals surface area (Å²) in [6.45, 7) is 1.71. The molecule has 1 aromatic rings. The van der Waals surface area contributed by atoms with Gasteiger partial charge >= 0.3 is 11.9 Å². The van der Waals surface area contributed by atoms with E-state index in [-0.39, 0.29) is 0 Å². The number of methoxy groups -OCH3 is 1. The van der Waals surface area contributed by atoms with Crippen molar-refractivity contribution in [2.45, 2.75) is 6.92 Å². The fraction of sp³-hybridized carbons (Fsp3) is 0.200. The molecule has 1 rings (SSSR count). The second kappa shape index (κ2) is 4.93. The van der Waals surface area contributed by atoms with Gasteiger partial charge in [-0.05, 0) is 30.7 Å². The van der Waals surface area contributed by atoms with Crippen LogP contribution < -0.4 is 0 Å². The SMILES string of the molecule is COC(=O)c1ccc(C(=O)OBr)c(C)c1. The van der Waals surface area contributed by atoms with E-state index >= 15 is 0 Å². The van der Waals surface area contributed by atoms with Crippen molar-refractivity contribution < 1.29 is 18.2 Å². The van der Waals surface area contributed by atoms with Gasteiger partial charge in [0.1, 0.15) is 0 Å². The highest BCUT2D eigenvalue weighted by molar-refractivity contribution is 9.06. The number of esters is 1. The van der Waals surface area contributed by atoms with Crippen molar-refractivity contribution >= 4 is 28.2 Å². The Morgan fingerprint density at radius 2 is 1.93 bits per heavy atom. The molecule has 0 atom stereocenters. The highest BCUT2D eigenvalue weighted by Crippen LogP contribution is 2.14. The average molecular weight is 273 g/mol. The third kappa shape index (κ3) is 2.56. The Kier molecular flexibility index (Phi) is 3.85. The molecule has 0 aliphatic heterocycles. The molecule has 0 unspecified atom stereocenters. The van der Waals surface area contributed by atoms with Crippen LogP contribution in [0, 0.1) is 6.92 Å². The standard InChI is InChI=1S/C10H9BrO4/c1-6-5-7(9(12)14-2)3-4-8(6)10(13)15-11/h3-5H,1-2H3. The van der Waals surface area contributed by atoms with Crippen LogP contribution in [0.2, 0.25) is 0 Å². The molecule has 0 saturated heterocycles. The van der Waals surface area contributed by atoms with Crippen LogP contribution in [0.3, 0.4) is 0 Å². The summed E-state index contributed by atoms with van der Waals surface area (Å²) >= 11 is 2.61. The van der Waals surface area contributed by atoms with E-state index in [2.05, 4.69) is 24.8 Å². The molecule has 15 heavy (non-hydrogen) atoms. The van der Waals surface area contributed by atoms with Crippen molar-refractivity contribution in [3.05, 3.63) is 34.9 Å². The summed E-state index contributed by atoms with van der Waals surface area (Å²) in [5.41, 5.74) is 1.46. The fourth-order valence-electron chi connectivity index (χ4n) is 1.18. The van der Waals surface area contributed by atoms with Gasteiger partial charge in [-0.25, -0.2) is 9.59 Å². The smallest absolute Gasteiger partial charge is 0.349 e. The second-order valence-corrected chi connectivity index (χ2v) is 3.21. The molecule has 0 spiro atoms. The number of hydrogen-bond donors (Lipinski definition) is 0. The first-order valence-electron chi connectivity index (χ1n) is 4.12. The maximum Gasteiger partial charge on any atom is 0.349 e. The van der Waals surface area contributed by atoms with Gasteiger partial charge in [0.25, 0.3) is 0 Å². The molecule has 0 fully saturated rings. The summed E-state index contributed by atoms with van der Waals surface area (Å²) in [6.07, 6.45) is 0. The van der Waals surface area contributed by atoms with E-state index in [1.807, 2.05) is 0 Å². The van der Waals surface area contributed by atoms with Crippen molar-refractivity contribution in [1.29, 1.82) is 0 Å². The molecule has 5 heteroatoms. The van der Waals surface area contributed by atoms with Crippen molar-refractivity contribution in [2.24, 2.45) is 0 Å². The maximum atomic E-state index is 11.2. The molecular weight excluding hydrogens is 264 g/mol. The van der Waals surface area contributed by atoms with Crippen molar-refractivity contribution in [1.82, 2.24) is 0 Å². The zero-order chi connectivity index (χ0) is 11.4. The van der Waals surface area contributed by atoms with Crippen LogP contribution in [0.25, 0.3) is 0 Å². The molecule has 0 bridgehead atoms. The van der Waals surface area contributed by atoms with Gasteiger partial charge in [-0.2, -0.15) is 0 Å². The molecule has 0 amide bonds. The Morgan fingerprint density at radius 1 is 1.27 bits per heavy atom. The van der Waals surface area contributed by atoms with E-state index in [1.165, 1.54) is 19.2 Å². The van der Waals surface area contributed by atoms with E-state index in [1.54, 1.807) is 13.0 Å². The van der Waals surface area contributed by atoms with Crippen molar-refractivity contribution in [3.8, 4) is 0 Å². The lowest BCUT2D eigenvalue weighted by atomic mass is 10.1. The molecule has 0 heterocycles. The predicted octanol–water partition coefficient (Wildman–Crippen LogP) is 2.25. The number of hydrogen-bond acceptors (Lipinski definition) is 4. The largest absolute Gasteiger partial charge is 0.465 e. The summed E-state index contributed by atoms with van der Waals surface area (Å²) in [7, 11) is 1.30. The molecule has 80 valence electrons. The fourth-order valence-corrected chi connectivity index (χ4v) is 1.35. The lowest BCUT2D eigenvalue weighted by molar-refractivity contribution is 0.0599.